The van der Waals surface area contributed by atoms with E-state index in [9.17, 15) is 9.59 Å². The molecule has 1 aliphatic rings. The molecule has 4 rings (SSSR count). The lowest BCUT2D eigenvalue weighted by Gasteiger charge is -2.41. The highest BCUT2D eigenvalue weighted by molar-refractivity contribution is 6.16. The van der Waals surface area contributed by atoms with Gasteiger partial charge >= 0.3 is 0 Å². The van der Waals surface area contributed by atoms with E-state index in [-0.39, 0.29) is 18.4 Å². The molecule has 1 saturated heterocycles. The van der Waals surface area contributed by atoms with Crippen LogP contribution in [0.2, 0.25) is 0 Å². The molecule has 0 N–H and O–H groups in total. The lowest BCUT2D eigenvalue weighted by Crippen LogP contribution is -2.61. The molecule has 3 aromatic rings. The Labute approximate surface area is 193 Å². The van der Waals surface area contributed by atoms with Crippen molar-refractivity contribution in [1.82, 2.24) is 0 Å². The fraction of sp³-hybridized carbons (Fsp3) is 0.185. The summed E-state index contributed by atoms with van der Waals surface area (Å²) in [6, 6.07) is 23.3. The van der Waals surface area contributed by atoms with Gasteiger partial charge in [0, 0.05) is 5.69 Å². The molecule has 1 heterocycles. The van der Waals surface area contributed by atoms with Crippen LogP contribution in [-0.4, -0.2) is 38.6 Å². The number of nitrogens with zero attached hydrogens (tertiary/aromatic N) is 2. The zero-order chi connectivity index (χ0) is 23.4. The Morgan fingerprint density at radius 3 is 2.21 bits per heavy atom. The molecule has 0 aliphatic carbocycles. The van der Waals surface area contributed by atoms with Gasteiger partial charge in [0.1, 0.15) is 24.1 Å². The molecule has 33 heavy (non-hydrogen) atoms. The largest absolute Gasteiger partial charge is 0.497 e. The van der Waals surface area contributed by atoms with E-state index in [4.69, 9.17) is 9.47 Å². The van der Waals surface area contributed by atoms with Gasteiger partial charge < -0.3 is 9.47 Å². The number of para-hydroxylation sites is 2. The standard InChI is InChI=1S/C27H26N2O4/c1-19(17-20-9-5-4-6-10-20)26-27(31)28(23-11-7-8-12-24(23)33-3)18-25(30)29(26)21-13-15-22(32-2)16-14-21/h4-17,26H,18H2,1-3H3/t26-/m0/s1. The number of hydrogen-bond acceptors (Lipinski definition) is 4. The molecule has 6 heteroatoms. The second-order valence-corrected chi connectivity index (χ2v) is 7.76. The Bertz CT molecular complexity index is 1170. The van der Waals surface area contributed by atoms with Gasteiger partial charge in [0.05, 0.1) is 19.9 Å². The van der Waals surface area contributed by atoms with Crippen molar-refractivity contribution in [2.75, 3.05) is 30.6 Å². The fourth-order valence-corrected chi connectivity index (χ4v) is 4.07. The molecular weight excluding hydrogens is 416 g/mol. The van der Waals surface area contributed by atoms with Crippen molar-refractivity contribution < 1.29 is 19.1 Å². The van der Waals surface area contributed by atoms with E-state index in [1.165, 1.54) is 4.90 Å². The van der Waals surface area contributed by atoms with Crippen LogP contribution in [-0.2, 0) is 9.59 Å². The second kappa shape index (κ2) is 9.61. The van der Waals surface area contributed by atoms with Gasteiger partial charge in [-0.15, -0.1) is 0 Å². The predicted octanol–water partition coefficient (Wildman–Crippen LogP) is 4.56. The third kappa shape index (κ3) is 4.46. The van der Waals surface area contributed by atoms with Crippen LogP contribution in [0, 0.1) is 0 Å². The molecule has 0 radical (unpaired) electrons. The number of methoxy groups -OCH3 is 2. The molecule has 1 aliphatic heterocycles. The maximum atomic E-state index is 13.9. The maximum absolute atomic E-state index is 13.9. The van der Waals surface area contributed by atoms with Gasteiger partial charge in [-0.1, -0.05) is 48.5 Å². The SMILES string of the molecule is COc1ccc(N2C(=O)CN(c3ccccc3OC)C(=O)[C@@H]2C(C)=Cc2ccccc2)cc1. The third-order valence-electron chi connectivity index (χ3n) is 5.67. The number of carbonyl (C=O) groups excluding carboxylic acids is 2. The van der Waals surface area contributed by atoms with Crippen molar-refractivity contribution in [3.05, 3.63) is 90.0 Å². The maximum Gasteiger partial charge on any atom is 0.255 e. The first-order chi connectivity index (χ1) is 16.0. The van der Waals surface area contributed by atoms with Gasteiger partial charge in [0.2, 0.25) is 5.91 Å². The van der Waals surface area contributed by atoms with Crippen molar-refractivity contribution in [3.8, 4) is 11.5 Å². The number of benzene rings is 3. The summed E-state index contributed by atoms with van der Waals surface area (Å²) in [6.45, 7) is 1.80. The van der Waals surface area contributed by atoms with E-state index in [2.05, 4.69) is 0 Å². The molecule has 1 atom stereocenters. The summed E-state index contributed by atoms with van der Waals surface area (Å²) in [7, 11) is 3.14. The average molecular weight is 443 g/mol. The predicted molar refractivity (Wildman–Crippen MR) is 130 cm³/mol. The number of rotatable bonds is 6. The topological polar surface area (TPSA) is 59.1 Å². The summed E-state index contributed by atoms with van der Waals surface area (Å²) in [5, 5.41) is 0. The zero-order valence-electron chi connectivity index (χ0n) is 18.9. The number of amides is 2. The molecule has 6 nitrogen and oxygen atoms in total. The fourth-order valence-electron chi connectivity index (χ4n) is 4.07. The Hall–Kier alpha value is -4.06. The van der Waals surface area contributed by atoms with Crippen LogP contribution in [0.3, 0.4) is 0 Å². The number of carbonyl (C=O) groups is 2. The highest BCUT2D eigenvalue weighted by atomic mass is 16.5. The molecule has 0 unspecified atom stereocenters. The van der Waals surface area contributed by atoms with Gasteiger partial charge in [0.15, 0.2) is 0 Å². The van der Waals surface area contributed by atoms with Crippen molar-refractivity contribution >= 4 is 29.3 Å². The summed E-state index contributed by atoms with van der Waals surface area (Å²) in [5.74, 6) is 0.842. The van der Waals surface area contributed by atoms with Crippen molar-refractivity contribution in [3.63, 3.8) is 0 Å². The van der Waals surface area contributed by atoms with Crippen LogP contribution in [0.15, 0.2) is 84.4 Å². The highest BCUT2D eigenvalue weighted by Crippen LogP contribution is 2.34. The van der Waals surface area contributed by atoms with Crippen LogP contribution in [0.1, 0.15) is 12.5 Å². The lowest BCUT2D eigenvalue weighted by molar-refractivity contribution is -0.127. The first-order valence-electron chi connectivity index (χ1n) is 10.7. The Balaban J connectivity index is 1.80. The molecule has 0 bridgehead atoms. The summed E-state index contributed by atoms with van der Waals surface area (Å²) in [6.07, 6.45) is 1.94. The lowest BCUT2D eigenvalue weighted by atomic mass is 9.98. The molecule has 0 aromatic heterocycles. The molecule has 168 valence electrons. The van der Waals surface area contributed by atoms with E-state index in [1.54, 1.807) is 55.5 Å². The second-order valence-electron chi connectivity index (χ2n) is 7.76. The molecule has 0 saturated carbocycles. The van der Waals surface area contributed by atoms with E-state index >= 15 is 0 Å². The van der Waals surface area contributed by atoms with Crippen LogP contribution < -0.4 is 19.3 Å². The van der Waals surface area contributed by atoms with Crippen molar-refractivity contribution in [1.29, 1.82) is 0 Å². The minimum atomic E-state index is -0.801. The third-order valence-corrected chi connectivity index (χ3v) is 5.67. The summed E-state index contributed by atoms with van der Waals surface area (Å²) >= 11 is 0. The first kappa shape index (κ1) is 22.1. The smallest absolute Gasteiger partial charge is 0.255 e. The quantitative estimate of drug-likeness (QED) is 0.562. The first-order valence-corrected chi connectivity index (χ1v) is 10.7. The Kier molecular flexibility index (Phi) is 6.45. The minimum Gasteiger partial charge on any atom is -0.497 e. The molecule has 2 amide bonds. The van der Waals surface area contributed by atoms with Gasteiger partial charge in [-0.25, -0.2) is 0 Å². The summed E-state index contributed by atoms with van der Waals surface area (Å²) in [4.78, 5) is 30.4. The molecule has 3 aromatic carbocycles. The monoisotopic (exact) mass is 442 g/mol. The summed E-state index contributed by atoms with van der Waals surface area (Å²) < 4.78 is 10.7. The Morgan fingerprint density at radius 1 is 0.879 bits per heavy atom. The molecule has 1 fully saturated rings. The average Bonchev–Trinajstić information content (AvgIpc) is 2.85. The van der Waals surface area contributed by atoms with Crippen LogP contribution in [0.4, 0.5) is 11.4 Å². The van der Waals surface area contributed by atoms with E-state index in [1.807, 2.05) is 55.5 Å². The number of piperazine rings is 1. The van der Waals surface area contributed by atoms with Crippen molar-refractivity contribution in [2.45, 2.75) is 13.0 Å². The van der Waals surface area contributed by atoms with Gasteiger partial charge in [-0.3, -0.25) is 19.4 Å². The molecular formula is C27H26N2O4. The van der Waals surface area contributed by atoms with Crippen molar-refractivity contribution in [2.24, 2.45) is 0 Å². The van der Waals surface area contributed by atoms with Gasteiger partial charge in [0.25, 0.3) is 5.91 Å². The van der Waals surface area contributed by atoms with Crippen LogP contribution in [0.5, 0.6) is 11.5 Å². The zero-order valence-corrected chi connectivity index (χ0v) is 18.9. The van der Waals surface area contributed by atoms with Gasteiger partial charge in [-0.2, -0.15) is 0 Å². The van der Waals surface area contributed by atoms with Crippen LogP contribution >= 0.6 is 0 Å². The number of hydrogen-bond donors (Lipinski definition) is 0. The number of anilines is 2. The van der Waals surface area contributed by atoms with Gasteiger partial charge in [-0.05, 0) is 54.5 Å². The highest BCUT2D eigenvalue weighted by Gasteiger charge is 2.42. The summed E-state index contributed by atoms with van der Waals surface area (Å²) in [5.41, 5.74) is 2.93. The van der Waals surface area contributed by atoms with E-state index in [0.717, 1.165) is 11.1 Å². The van der Waals surface area contributed by atoms with E-state index in [0.29, 0.717) is 22.9 Å². The normalized spacial score (nSPS) is 16.7. The number of ether oxygens (including phenoxy) is 2. The van der Waals surface area contributed by atoms with Crippen LogP contribution in [0.25, 0.3) is 6.08 Å². The van der Waals surface area contributed by atoms with E-state index < -0.39 is 6.04 Å². The minimum absolute atomic E-state index is 0.0830. The Morgan fingerprint density at radius 2 is 1.55 bits per heavy atom. The molecule has 0 spiro atoms.